The largest absolute Gasteiger partial charge is 0.496 e. The Balaban J connectivity index is 1.64. The zero-order chi connectivity index (χ0) is 20.6. The smallest absolute Gasteiger partial charge is 0.343 e. The summed E-state index contributed by atoms with van der Waals surface area (Å²) in [5, 5.41) is 4.48. The molecule has 0 spiro atoms. The third-order valence-electron chi connectivity index (χ3n) is 3.88. The van der Waals surface area contributed by atoms with Crippen LogP contribution < -0.4 is 14.9 Å². The van der Waals surface area contributed by atoms with E-state index < -0.39 is 11.9 Å². The van der Waals surface area contributed by atoms with Crippen molar-refractivity contribution in [3.05, 3.63) is 94.5 Å². The number of nitrogens with zero attached hydrogens (tertiary/aromatic N) is 1. The number of amides is 1. The van der Waals surface area contributed by atoms with Crippen molar-refractivity contribution >= 4 is 29.7 Å². The minimum atomic E-state index is -0.500. The number of hydrogen-bond acceptors (Lipinski definition) is 5. The molecule has 3 aromatic rings. The van der Waals surface area contributed by atoms with Gasteiger partial charge in [-0.25, -0.2) is 10.2 Å². The predicted molar refractivity (Wildman–Crippen MR) is 111 cm³/mol. The lowest BCUT2D eigenvalue weighted by atomic mass is 10.2. The SMILES string of the molecule is COc1ccccc1C(=O)N/N=C\c1cccc(OC(=O)c2ccc(Cl)cc2)c1. The molecule has 0 saturated carbocycles. The van der Waals surface area contributed by atoms with Crippen LogP contribution >= 0.6 is 11.6 Å². The van der Waals surface area contributed by atoms with Crippen LogP contribution in [0.3, 0.4) is 0 Å². The van der Waals surface area contributed by atoms with Crippen molar-refractivity contribution in [2.24, 2.45) is 5.10 Å². The van der Waals surface area contributed by atoms with Crippen molar-refractivity contribution in [2.45, 2.75) is 0 Å². The lowest BCUT2D eigenvalue weighted by Crippen LogP contribution is -2.18. The maximum absolute atomic E-state index is 12.2. The quantitative estimate of drug-likeness (QED) is 0.285. The number of carbonyl (C=O) groups is 2. The number of hydrazone groups is 1. The lowest BCUT2D eigenvalue weighted by molar-refractivity contribution is 0.0734. The fourth-order valence-corrected chi connectivity index (χ4v) is 2.59. The molecule has 146 valence electrons. The van der Waals surface area contributed by atoms with Crippen molar-refractivity contribution in [3.8, 4) is 11.5 Å². The zero-order valence-corrected chi connectivity index (χ0v) is 16.2. The van der Waals surface area contributed by atoms with Crippen LogP contribution in [-0.4, -0.2) is 25.2 Å². The van der Waals surface area contributed by atoms with E-state index in [1.807, 2.05) is 0 Å². The van der Waals surface area contributed by atoms with Gasteiger partial charge in [-0.3, -0.25) is 4.79 Å². The first-order valence-electron chi connectivity index (χ1n) is 8.61. The van der Waals surface area contributed by atoms with E-state index in [1.165, 1.54) is 13.3 Å². The van der Waals surface area contributed by atoms with E-state index in [4.69, 9.17) is 21.1 Å². The van der Waals surface area contributed by atoms with Crippen LogP contribution in [0, 0.1) is 0 Å². The Morgan fingerprint density at radius 3 is 2.52 bits per heavy atom. The highest BCUT2D eigenvalue weighted by atomic mass is 35.5. The second kappa shape index (κ2) is 9.52. The molecule has 0 saturated heterocycles. The fourth-order valence-electron chi connectivity index (χ4n) is 2.47. The third kappa shape index (κ3) is 5.43. The zero-order valence-electron chi connectivity index (χ0n) is 15.5. The number of halogens is 1. The predicted octanol–water partition coefficient (Wildman–Crippen LogP) is 4.33. The Morgan fingerprint density at radius 2 is 1.76 bits per heavy atom. The molecule has 3 aromatic carbocycles. The number of ether oxygens (including phenoxy) is 2. The van der Waals surface area contributed by atoms with Crippen molar-refractivity contribution < 1.29 is 19.1 Å². The van der Waals surface area contributed by atoms with E-state index in [0.717, 1.165) is 0 Å². The number of carbonyl (C=O) groups excluding carboxylic acids is 2. The molecular formula is C22H17ClN2O4. The second-order valence-corrected chi connectivity index (χ2v) is 6.30. The van der Waals surface area contributed by atoms with Crippen LogP contribution in [0.25, 0.3) is 0 Å². The number of esters is 1. The molecule has 0 aliphatic carbocycles. The lowest BCUT2D eigenvalue weighted by Gasteiger charge is -2.06. The summed E-state index contributed by atoms with van der Waals surface area (Å²) in [6.07, 6.45) is 1.45. The maximum Gasteiger partial charge on any atom is 0.343 e. The molecule has 0 aromatic heterocycles. The minimum absolute atomic E-state index is 0.352. The highest BCUT2D eigenvalue weighted by Gasteiger charge is 2.10. The van der Waals surface area contributed by atoms with Gasteiger partial charge in [-0.05, 0) is 54.1 Å². The van der Waals surface area contributed by atoms with Crippen molar-refractivity contribution in [3.63, 3.8) is 0 Å². The average Bonchev–Trinajstić information content (AvgIpc) is 2.74. The molecule has 0 atom stereocenters. The molecule has 29 heavy (non-hydrogen) atoms. The van der Waals surface area contributed by atoms with Crippen molar-refractivity contribution in [1.29, 1.82) is 0 Å². The van der Waals surface area contributed by atoms with Crippen LogP contribution in [0.5, 0.6) is 11.5 Å². The number of hydrogen-bond donors (Lipinski definition) is 1. The van der Waals surface area contributed by atoms with E-state index in [0.29, 0.717) is 33.2 Å². The normalized spacial score (nSPS) is 10.6. The van der Waals surface area contributed by atoms with Crippen LogP contribution in [0.4, 0.5) is 0 Å². The van der Waals surface area contributed by atoms with Gasteiger partial charge in [0.1, 0.15) is 11.5 Å². The Kier molecular flexibility index (Phi) is 6.60. The van der Waals surface area contributed by atoms with E-state index in [2.05, 4.69) is 10.5 Å². The third-order valence-corrected chi connectivity index (χ3v) is 4.13. The topological polar surface area (TPSA) is 77.0 Å². The van der Waals surface area contributed by atoms with Crippen LogP contribution in [0.15, 0.2) is 77.9 Å². The molecule has 0 aliphatic rings. The Labute approximate surface area is 172 Å². The van der Waals surface area contributed by atoms with Gasteiger partial charge in [-0.1, -0.05) is 35.9 Å². The van der Waals surface area contributed by atoms with Gasteiger partial charge in [-0.2, -0.15) is 5.10 Å². The number of rotatable bonds is 6. The van der Waals surface area contributed by atoms with E-state index in [1.54, 1.807) is 72.8 Å². The van der Waals surface area contributed by atoms with E-state index in [9.17, 15) is 9.59 Å². The van der Waals surface area contributed by atoms with Gasteiger partial charge < -0.3 is 9.47 Å². The fraction of sp³-hybridized carbons (Fsp3) is 0.0455. The Hall–Kier alpha value is -3.64. The molecule has 0 heterocycles. The first kappa shape index (κ1) is 20.1. The molecule has 0 bridgehead atoms. The van der Waals surface area contributed by atoms with E-state index in [-0.39, 0.29) is 0 Å². The number of methoxy groups -OCH3 is 1. The number of para-hydroxylation sites is 1. The first-order chi connectivity index (χ1) is 14.1. The molecule has 0 radical (unpaired) electrons. The highest BCUT2D eigenvalue weighted by Crippen LogP contribution is 2.17. The highest BCUT2D eigenvalue weighted by molar-refractivity contribution is 6.30. The molecule has 0 aliphatic heterocycles. The summed E-state index contributed by atoms with van der Waals surface area (Å²) in [6, 6.07) is 20.0. The number of nitrogens with one attached hydrogen (secondary N) is 1. The molecule has 6 nitrogen and oxygen atoms in total. The summed E-state index contributed by atoms with van der Waals surface area (Å²) in [7, 11) is 1.49. The Bertz CT molecular complexity index is 1050. The second-order valence-electron chi connectivity index (χ2n) is 5.87. The van der Waals surface area contributed by atoms with Gasteiger partial charge in [0, 0.05) is 5.02 Å². The van der Waals surface area contributed by atoms with Crippen LogP contribution in [0.1, 0.15) is 26.3 Å². The molecule has 7 heteroatoms. The summed E-state index contributed by atoms with van der Waals surface area (Å²) in [5.74, 6) is -0.0921. The summed E-state index contributed by atoms with van der Waals surface area (Å²) < 4.78 is 10.5. The molecule has 3 rings (SSSR count). The minimum Gasteiger partial charge on any atom is -0.496 e. The molecule has 1 amide bonds. The van der Waals surface area contributed by atoms with Gasteiger partial charge in [0.2, 0.25) is 0 Å². The molecule has 0 fully saturated rings. The average molecular weight is 409 g/mol. The van der Waals surface area contributed by atoms with Gasteiger partial charge >= 0.3 is 5.97 Å². The van der Waals surface area contributed by atoms with Crippen molar-refractivity contribution in [1.82, 2.24) is 5.43 Å². The van der Waals surface area contributed by atoms with Crippen LogP contribution in [-0.2, 0) is 0 Å². The summed E-state index contributed by atoms with van der Waals surface area (Å²) >= 11 is 5.82. The van der Waals surface area contributed by atoms with Gasteiger partial charge in [0.05, 0.1) is 24.5 Å². The first-order valence-corrected chi connectivity index (χ1v) is 8.99. The van der Waals surface area contributed by atoms with Crippen molar-refractivity contribution in [2.75, 3.05) is 7.11 Å². The monoisotopic (exact) mass is 408 g/mol. The summed E-state index contributed by atoms with van der Waals surface area (Å²) in [4.78, 5) is 24.4. The molecular weight excluding hydrogens is 392 g/mol. The van der Waals surface area contributed by atoms with Gasteiger partial charge in [0.15, 0.2) is 0 Å². The maximum atomic E-state index is 12.2. The number of benzene rings is 3. The summed E-state index contributed by atoms with van der Waals surface area (Å²) in [6.45, 7) is 0. The van der Waals surface area contributed by atoms with Gasteiger partial charge in [0.25, 0.3) is 5.91 Å². The molecule has 1 N–H and O–H groups in total. The van der Waals surface area contributed by atoms with Crippen LogP contribution in [0.2, 0.25) is 5.02 Å². The Morgan fingerprint density at radius 1 is 1.00 bits per heavy atom. The molecule has 0 unspecified atom stereocenters. The van der Waals surface area contributed by atoms with E-state index >= 15 is 0 Å². The summed E-state index contributed by atoms with van der Waals surface area (Å²) in [5.41, 5.74) is 3.85. The van der Waals surface area contributed by atoms with Gasteiger partial charge in [-0.15, -0.1) is 0 Å². The standard InChI is InChI=1S/C22H17ClN2O4/c1-28-20-8-3-2-7-19(20)21(26)25-24-14-15-5-4-6-18(13-15)29-22(27)16-9-11-17(23)12-10-16/h2-14H,1H3,(H,25,26)/b24-14-.